The maximum Gasteiger partial charge on any atom is 0.222 e. The lowest BCUT2D eigenvalue weighted by Gasteiger charge is -2.32. The van der Waals surface area contributed by atoms with E-state index in [2.05, 4.69) is 32.5 Å². The van der Waals surface area contributed by atoms with E-state index in [0.717, 1.165) is 19.3 Å². The Morgan fingerprint density at radius 3 is 2.80 bits per heavy atom. The number of fused-ring (bicyclic) bond motifs is 1. The number of aromatic nitrogens is 3. The number of anilines is 2. The average molecular weight is 346 g/mol. The number of pyridine rings is 1. The molecule has 0 aromatic carbocycles. The molecule has 1 atom stereocenters. The Morgan fingerprint density at radius 1 is 1.40 bits per heavy atom. The van der Waals surface area contributed by atoms with E-state index >= 15 is 0 Å². The van der Waals surface area contributed by atoms with Crippen molar-refractivity contribution in [2.24, 2.45) is 0 Å². The first-order valence-corrected chi connectivity index (χ1v) is 8.37. The van der Waals surface area contributed by atoms with Crippen LogP contribution in [0.3, 0.4) is 0 Å². The van der Waals surface area contributed by atoms with Crippen molar-refractivity contribution in [2.75, 3.05) is 24.7 Å². The topological polar surface area (TPSA) is 115 Å². The first kappa shape index (κ1) is 18.7. The molecule has 4 N–H and O–H groups in total. The number of rotatable bonds is 8. The molecule has 0 spiro atoms. The van der Waals surface area contributed by atoms with Gasteiger partial charge in [0.1, 0.15) is 16.8 Å². The summed E-state index contributed by atoms with van der Waals surface area (Å²) in [5.74, 6) is 1.24. The molecule has 0 aliphatic rings. The van der Waals surface area contributed by atoms with Crippen LogP contribution in [0, 0.1) is 0 Å². The molecule has 0 aliphatic heterocycles. The summed E-state index contributed by atoms with van der Waals surface area (Å²) in [5, 5.41) is 6.30. The number of carbonyl (C=O) groups excluding carboxylic acids is 1. The Balaban J connectivity index is 2.38. The number of ether oxygens (including phenoxy) is 1. The zero-order valence-electron chi connectivity index (χ0n) is 15.2. The third-order valence-electron chi connectivity index (χ3n) is 3.99. The van der Waals surface area contributed by atoms with Gasteiger partial charge in [-0.15, -0.1) is 0 Å². The van der Waals surface area contributed by atoms with Gasteiger partial charge >= 0.3 is 0 Å². The van der Waals surface area contributed by atoms with Crippen LogP contribution in [-0.4, -0.2) is 40.1 Å². The van der Waals surface area contributed by atoms with E-state index in [9.17, 15) is 4.79 Å². The van der Waals surface area contributed by atoms with Crippen LogP contribution in [-0.2, 0) is 4.79 Å². The second-order valence-electron chi connectivity index (χ2n) is 6.37. The summed E-state index contributed by atoms with van der Waals surface area (Å²) in [6, 6.07) is 1.77. The normalized spacial score (nSPS) is 13.3. The zero-order valence-corrected chi connectivity index (χ0v) is 15.2. The highest BCUT2D eigenvalue weighted by Crippen LogP contribution is 2.26. The van der Waals surface area contributed by atoms with Crippen molar-refractivity contribution in [3.05, 3.63) is 12.3 Å². The van der Waals surface area contributed by atoms with E-state index < -0.39 is 0 Å². The van der Waals surface area contributed by atoms with Gasteiger partial charge in [0.15, 0.2) is 5.82 Å². The van der Waals surface area contributed by atoms with Crippen molar-refractivity contribution < 1.29 is 9.53 Å². The molecule has 2 rings (SSSR count). The zero-order chi connectivity index (χ0) is 18.4. The molecule has 8 nitrogen and oxygen atoms in total. The molecule has 2 aromatic rings. The first-order valence-electron chi connectivity index (χ1n) is 8.37. The van der Waals surface area contributed by atoms with Gasteiger partial charge in [0.05, 0.1) is 18.8 Å². The van der Waals surface area contributed by atoms with Gasteiger partial charge in [-0.25, -0.2) is 9.97 Å². The predicted molar refractivity (Wildman–Crippen MR) is 98.5 cm³/mol. The van der Waals surface area contributed by atoms with Crippen LogP contribution in [0.4, 0.5) is 11.8 Å². The third kappa shape index (κ3) is 4.91. The minimum atomic E-state index is -0.378. The van der Waals surface area contributed by atoms with Crippen LogP contribution in [0.2, 0.25) is 0 Å². The number of nitrogens with zero attached hydrogens (tertiary/aromatic N) is 3. The molecule has 1 amide bonds. The smallest absolute Gasteiger partial charge is 0.222 e. The molecule has 2 aromatic heterocycles. The average Bonchev–Trinajstić information content (AvgIpc) is 2.57. The highest BCUT2D eigenvalue weighted by Gasteiger charge is 2.26. The van der Waals surface area contributed by atoms with Crippen molar-refractivity contribution in [3.8, 4) is 5.75 Å². The Morgan fingerprint density at radius 2 is 2.16 bits per heavy atom. The molecule has 136 valence electrons. The van der Waals surface area contributed by atoms with Crippen LogP contribution < -0.4 is 21.1 Å². The SMILES string of the molecule is CCCC[C@](C)(CNC(C)=O)Nc1nc(N)nc2cc(OC)cnc12. The lowest BCUT2D eigenvalue weighted by Crippen LogP contribution is -2.46. The van der Waals surface area contributed by atoms with Gasteiger partial charge in [-0.3, -0.25) is 4.79 Å². The van der Waals surface area contributed by atoms with Gasteiger partial charge in [0.2, 0.25) is 11.9 Å². The molecule has 0 fully saturated rings. The molecule has 0 aliphatic carbocycles. The van der Waals surface area contributed by atoms with Crippen LogP contribution in [0.1, 0.15) is 40.0 Å². The first-order chi connectivity index (χ1) is 11.9. The Labute approximate surface area is 147 Å². The second-order valence-corrected chi connectivity index (χ2v) is 6.37. The molecule has 0 unspecified atom stereocenters. The number of hydrogen-bond acceptors (Lipinski definition) is 7. The number of nitrogens with one attached hydrogen (secondary N) is 2. The predicted octanol–water partition coefficient (Wildman–Crippen LogP) is 2.11. The van der Waals surface area contributed by atoms with Crippen molar-refractivity contribution in [1.82, 2.24) is 20.3 Å². The molecule has 0 saturated carbocycles. The van der Waals surface area contributed by atoms with Gasteiger partial charge < -0.3 is 21.1 Å². The minimum Gasteiger partial charge on any atom is -0.495 e. The molecule has 0 radical (unpaired) electrons. The maximum atomic E-state index is 11.3. The molecule has 8 heteroatoms. The standard InChI is InChI=1S/C17H26N6O2/c1-5-6-7-17(3,10-20-11(2)24)23-15-14-13(21-16(18)22-15)8-12(25-4)9-19-14/h8-9H,5-7,10H2,1-4H3,(H,20,24)(H3,18,21,22,23)/t17-/m1/s1. The number of hydrogen-bond donors (Lipinski definition) is 3. The van der Waals surface area contributed by atoms with Gasteiger partial charge in [-0.05, 0) is 13.3 Å². The summed E-state index contributed by atoms with van der Waals surface area (Å²) in [4.78, 5) is 24.3. The molecular weight excluding hydrogens is 320 g/mol. The lowest BCUT2D eigenvalue weighted by molar-refractivity contribution is -0.119. The molecular formula is C17H26N6O2. The fourth-order valence-electron chi connectivity index (χ4n) is 2.58. The quantitative estimate of drug-likeness (QED) is 0.670. The molecule has 2 heterocycles. The monoisotopic (exact) mass is 346 g/mol. The van der Waals surface area contributed by atoms with Crippen LogP contribution in [0.25, 0.3) is 11.0 Å². The summed E-state index contributed by atoms with van der Waals surface area (Å²) < 4.78 is 5.19. The Kier molecular flexibility index (Phi) is 5.95. The molecule has 0 saturated heterocycles. The molecule has 25 heavy (non-hydrogen) atoms. The fraction of sp³-hybridized carbons (Fsp3) is 0.529. The number of amides is 1. The van der Waals surface area contributed by atoms with Crippen LogP contribution in [0.5, 0.6) is 5.75 Å². The highest BCUT2D eigenvalue weighted by molar-refractivity contribution is 5.87. The summed E-state index contributed by atoms with van der Waals surface area (Å²) in [6.07, 6.45) is 4.55. The van der Waals surface area contributed by atoms with E-state index in [1.54, 1.807) is 19.4 Å². The van der Waals surface area contributed by atoms with Gasteiger partial charge in [0, 0.05) is 19.5 Å². The van der Waals surface area contributed by atoms with Crippen molar-refractivity contribution >= 4 is 28.7 Å². The number of nitrogen functional groups attached to an aromatic ring is 1. The summed E-state index contributed by atoms with van der Waals surface area (Å²) in [6.45, 7) is 6.16. The van der Waals surface area contributed by atoms with E-state index in [4.69, 9.17) is 10.5 Å². The fourth-order valence-corrected chi connectivity index (χ4v) is 2.58. The number of carbonyl (C=O) groups is 1. The summed E-state index contributed by atoms with van der Waals surface area (Å²) in [7, 11) is 1.57. The largest absolute Gasteiger partial charge is 0.495 e. The Hall–Kier alpha value is -2.64. The van der Waals surface area contributed by atoms with Gasteiger partial charge in [-0.1, -0.05) is 19.8 Å². The van der Waals surface area contributed by atoms with E-state index in [1.165, 1.54) is 6.92 Å². The highest BCUT2D eigenvalue weighted by atomic mass is 16.5. The summed E-state index contributed by atoms with van der Waals surface area (Å²) >= 11 is 0. The van der Waals surface area contributed by atoms with Crippen LogP contribution >= 0.6 is 0 Å². The summed E-state index contributed by atoms with van der Waals surface area (Å²) in [5.41, 5.74) is 6.69. The van der Waals surface area contributed by atoms with Crippen molar-refractivity contribution in [1.29, 1.82) is 0 Å². The number of unbranched alkanes of at least 4 members (excludes halogenated alkanes) is 1. The van der Waals surface area contributed by atoms with Crippen molar-refractivity contribution in [3.63, 3.8) is 0 Å². The maximum absolute atomic E-state index is 11.3. The lowest BCUT2D eigenvalue weighted by atomic mass is 9.94. The van der Waals surface area contributed by atoms with Crippen molar-refractivity contribution in [2.45, 2.75) is 45.6 Å². The van der Waals surface area contributed by atoms with Crippen LogP contribution in [0.15, 0.2) is 12.3 Å². The number of methoxy groups -OCH3 is 1. The third-order valence-corrected chi connectivity index (χ3v) is 3.99. The molecule has 0 bridgehead atoms. The van der Waals surface area contributed by atoms with E-state index in [1.807, 2.05) is 6.92 Å². The second kappa shape index (κ2) is 7.96. The van der Waals surface area contributed by atoms with Gasteiger partial charge in [0.25, 0.3) is 0 Å². The minimum absolute atomic E-state index is 0.0700. The van der Waals surface area contributed by atoms with E-state index in [-0.39, 0.29) is 17.4 Å². The van der Waals surface area contributed by atoms with Gasteiger partial charge in [-0.2, -0.15) is 4.98 Å². The number of nitrogens with two attached hydrogens (primary N) is 1. The Bertz CT molecular complexity index is 751. The van der Waals surface area contributed by atoms with E-state index in [0.29, 0.717) is 29.1 Å².